The van der Waals surface area contributed by atoms with E-state index < -0.39 is 16.2 Å². The Bertz CT molecular complexity index is 1870. The second kappa shape index (κ2) is 10.2. The normalized spacial score (nSPS) is 15.6. The van der Waals surface area contributed by atoms with E-state index >= 15 is 0 Å². The molecule has 3 aliphatic carbocycles. The maximum atomic E-state index is 6.23. The second-order valence-corrected chi connectivity index (χ2v) is 12.4. The van der Waals surface area contributed by atoms with Crippen LogP contribution in [-0.4, -0.2) is 0 Å². The van der Waals surface area contributed by atoms with Gasteiger partial charge in [-0.05, 0) is 66.8 Å². The lowest BCUT2D eigenvalue weighted by atomic mass is 9.65. The third-order valence-corrected chi connectivity index (χ3v) is 10.5. The van der Waals surface area contributed by atoms with Gasteiger partial charge in [0.25, 0.3) is 0 Å². The summed E-state index contributed by atoms with van der Waals surface area (Å²) in [6.45, 7) is 0. The topological polar surface area (TPSA) is 0 Å². The van der Waals surface area contributed by atoms with Crippen LogP contribution in [0.3, 0.4) is 0 Å². The SMILES string of the molecule is C#CCC1(CC#C)c2ccccc2-c2c1c1c(c3c2C(CC#C)(CC#C)c2ccccc2-3)C(CC#C)(CC#C)c2ccccc2-1. The van der Waals surface area contributed by atoms with Gasteiger partial charge < -0.3 is 0 Å². The van der Waals surface area contributed by atoms with E-state index in [9.17, 15) is 0 Å². The molecule has 0 N–H and O–H groups in total. The van der Waals surface area contributed by atoms with E-state index in [-0.39, 0.29) is 0 Å². The second-order valence-electron chi connectivity index (χ2n) is 12.4. The predicted molar refractivity (Wildman–Crippen MR) is 186 cm³/mol. The Hall–Kier alpha value is -5.76. The first-order valence-electron chi connectivity index (χ1n) is 15.2. The van der Waals surface area contributed by atoms with E-state index in [1.165, 1.54) is 0 Å². The van der Waals surface area contributed by atoms with Gasteiger partial charge in [-0.15, -0.1) is 74.1 Å². The summed E-state index contributed by atoms with van der Waals surface area (Å²) < 4.78 is 0. The number of hydrogen-bond donors (Lipinski definition) is 0. The standard InChI is InChI=1S/C45H30/c1-7-25-43(26-8-2)34-22-16-13-19-31(34)37-40(43)38-32-20-14-17-23-35(32)44(27-9-3,28-10-4)42(38)39-33-21-15-18-24-36(33)45(29-11-5,30-12-6)41(37)39/h1-6,13-24H,25-30H2. The zero-order chi connectivity index (χ0) is 31.4. The highest BCUT2D eigenvalue weighted by atomic mass is 14.6. The zero-order valence-corrected chi connectivity index (χ0v) is 25.1. The van der Waals surface area contributed by atoms with Crippen molar-refractivity contribution in [3.05, 3.63) is 106 Å². The summed E-state index contributed by atoms with van der Waals surface area (Å²) in [5, 5.41) is 0. The molecule has 0 heterocycles. The lowest BCUT2D eigenvalue weighted by Crippen LogP contribution is -2.30. The van der Waals surface area contributed by atoms with E-state index in [0.717, 1.165) is 66.8 Å². The molecule has 45 heavy (non-hydrogen) atoms. The molecule has 0 nitrogen and oxygen atoms in total. The highest BCUT2D eigenvalue weighted by molar-refractivity contribution is 6.05. The third-order valence-electron chi connectivity index (χ3n) is 10.5. The molecule has 0 aromatic heterocycles. The number of hydrogen-bond acceptors (Lipinski definition) is 0. The fraction of sp³-hybridized carbons (Fsp3) is 0.200. The molecular formula is C45H30. The summed E-state index contributed by atoms with van der Waals surface area (Å²) in [6.07, 6.45) is 40.0. The highest BCUT2D eigenvalue weighted by Gasteiger charge is 2.57. The van der Waals surface area contributed by atoms with Gasteiger partial charge in [0.15, 0.2) is 0 Å². The first-order valence-corrected chi connectivity index (χ1v) is 15.2. The summed E-state index contributed by atoms with van der Waals surface area (Å²) in [5.41, 5.74) is 11.9. The minimum atomic E-state index is -0.628. The molecule has 0 heteroatoms. The van der Waals surface area contributed by atoms with Crippen LogP contribution in [-0.2, 0) is 16.2 Å². The van der Waals surface area contributed by atoms with Gasteiger partial charge in [-0.1, -0.05) is 72.8 Å². The van der Waals surface area contributed by atoms with Crippen LogP contribution in [0.5, 0.6) is 0 Å². The van der Waals surface area contributed by atoms with Crippen molar-refractivity contribution in [1.29, 1.82) is 0 Å². The molecule has 0 unspecified atom stereocenters. The first-order chi connectivity index (χ1) is 22.0. The molecule has 0 amide bonds. The Labute approximate surface area is 267 Å². The predicted octanol–water partition coefficient (Wildman–Crippen LogP) is 8.63. The van der Waals surface area contributed by atoms with Crippen molar-refractivity contribution in [3.63, 3.8) is 0 Å². The van der Waals surface area contributed by atoms with Crippen molar-refractivity contribution < 1.29 is 0 Å². The maximum Gasteiger partial charge on any atom is 0.0439 e. The Kier molecular flexibility index (Phi) is 6.33. The fourth-order valence-electron chi connectivity index (χ4n) is 9.09. The largest absolute Gasteiger partial charge is 0.120 e. The molecule has 0 atom stereocenters. The van der Waals surface area contributed by atoms with E-state index in [4.69, 9.17) is 38.5 Å². The minimum absolute atomic E-state index is 0.441. The van der Waals surface area contributed by atoms with Crippen molar-refractivity contribution >= 4 is 0 Å². The van der Waals surface area contributed by atoms with Crippen LogP contribution in [0.15, 0.2) is 72.8 Å². The van der Waals surface area contributed by atoms with E-state index in [1.54, 1.807) is 0 Å². The lowest BCUT2D eigenvalue weighted by molar-refractivity contribution is 0.540. The average molecular weight is 571 g/mol. The van der Waals surface area contributed by atoms with E-state index in [2.05, 4.69) is 108 Å². The Morgan fingerprint density at radius 3 is 0.800 bits per heavy atom. The lowest BCUT2D eigenvalue weighted by Gasteiger charge is -2.36. The number of benzene rings is 4. The van der Waals surface area contributed by atoms with Crippen molar-refractivity contribution in [3.8, 4) is 107 Å². The number of terminal acetylenes is 6. The molecule has 7 rings (SSSR count). The monoisotopic (exact) mass is 570 g/mol. The van der Waals surface area contributed by atoms with Crippen molar-refractivity contribution in [2.75, 3.05) is 0 Å². The summed E-state index contributed by atoms with van der Waals surface area (Å²) in [4.78, 5) is 0. The average Bonchev–Trinajstić information content (AvgIpc) is 3.60. The molecule has 4 aromatic rings. The van der Waals surface area contributed by atoms with Gasteiger partial charge in [-0.2, -0.15) is 0 Å². The molecular weight excluding hydrogens is 540 g/mol. The molecule has 3 aliphatic rings. The number of rotatable bonds is 6. The van der Waals surface area contributed by atoms with Crippen molar-refractivity contribution in [2.45, 2.75) is 54.8 Å². The Morgan fingerprint density at radius 1 is 0.356 bits per heavy atom. The fourth-order valence-corrected chi connectivity index (χ4v) is 9.09. The van der Waals surface area contributed by atoms with Crippen LogP contribution in [0, 0.1) is 74.1 Å². The van der Waals surface area contributed by atoms with Gasteiger partial charge in [-0.25, -0.2) is 0 Å². The summed E-state index contributed by atoms with van der Waals surface area (Å²) in [5.74, 6) is 18.2. The molecule has 0 spiro atoms. The van der Waals surface area contributed by atoms with Crippen molar-refractivity contribution in [1.82, 2.24) is 0 Å². The number of fused-ring (bicyclic) bond motifs is 12. The van der Waals surface area contributed by atoms with Crippen molar-refractivity contribution in [2.24, 2.45) is 0 Å². The van der Waals surface area contributed by atoms with Crippen LogP contribution in [0.4, 0.5) is 0 Å². The van der Waals surface area contributed by atoms with Crippen LogP contribution in [0.1, 0.15) is 71.9 Å². The van der Waals surface area contributed by atoms with Crippen LogP contribution < -0.4 is 0 Å². The molecule has 0 saturated heterocycles. The molecule has 0 bridgehead atoms. The van der Waals surface area contributed by atoms with Gasteiger partial charge in [-0.3, -0.25) is 0 Å². The molecule has 210 valence electrons. The quantitative estimate of drug-likeness (QED) is 0.204. The van der Waals surface area contributed by atoms with Crippen LogP contribution in [0.25, 0.3) is 33.4 Å². The van der Waals surface area contributed by atoms with Gasteiger partial charge in [0.2, 0.25) is 0 Å². The van der Waals surface area contributed by atoms with Crippen LogP contribution in [0.2, 0.25) is 0 Å². The Balaban J connectivity index is 1.84. The molecule has 0 radical (unpaired) electrons. The smallest absolute Gasteiger partial charge is 0.0439 e. The highest BCUT2D eigenvalue weighted by Crippen LogP contribution is 2.70. The summed E-state index contributed by atoms with van der Waals surface area (Å²) >= 11 is 0. The summed E-state index contributed by atoms with van der Waals surface area (Å²) in [7, 11) is 0. The van der Waals surface area contributed by atoms with E-state index in [0.29, 0.717) is 38.5 Å². The summed E-state index contributed by atoms with van der Waals surface area (Å²) in [6, 6.07) is 25.7. The molecule has 0 fully saturated rings. The molecule has 4 aromatic carbocycles. The minimum Gasteiger partial charge on any atom is -0.120 e. The zero-order valence-electron chi connectivity index (χ0n) is 25.1. The molecule has 0 aliphatic heterocycles. The Morgan fingerprint density at radius 2 is 0.578 bits per heavy atom. The van der Waals surface area contributed by atoms with Gasteiger partial charge in [0.1, 0.15) is 0 Å². The molecule has 0 saturated carbocycles. The van der Waals surface area contributed by atoms with Gasteiger partial charge in [0.05, 0.1) is 0 Å². The van der Waals surface area contributed by atoms with E-state index in [1.807, 2.05) is 0 Å². The van der Waals surface area contributed by atoms with Crippen LogP contribution >= 0.6 is 0 Å². The maximum absolute atomic E-state index is 6.23. The van der Waals surface area contributed by atoms with Gasteiger partial charge >= 0.3 is 0 Å². The first kappa shape index (κ1) is 28.0. The van der Waals surface area contributed by atoms with Gasteiger partial charge in [0, 0.05) is 54.8 Å². The third kappa shape index (κ3) is 3.31.